The summed E-state index contributed by atoms with van der Waals surface area (Å²) >= 11 is 1.79. The molecule has 1 aromatic rings. The molecule has 114 valence electrons. The van der Waals surface area contributed by atoms with Crippen LogP contribution >= 0.6 is 11.8 Å². The molecular formula is C12H22N4O2S2. The monoisotopic (exact) mass is 318 g/mol. The molecule has 1 aliphatic rings. The summed E-state index contributed by atoms with van der Waals surface area (Å²) in [6.07, 6.45) is 3.53. The Morgan fingerprint density at radius 2 is 2.35 bits per heavy atom. The molecule has 3 N–H and O–H groups in total. The van der Waals surface area contributed by atoms with E-state index < -0.39 is 10.0 Å². The summed E-state index contributed by atoms with van der Waals surface area (Å²) in [5.41, 5.74) is 0.676. The number of aromatic nitrogens is 2. The minimum absolute atomic E-state index is 0.0213. The molecule has 0 radical (unpaired) electrons. The summed E-state index contributed by atoms with van der Waals surface area (Å²) in [6, 6.07) is 0.316. The third-order valence-corrected chi connectivity index (χ3v) is 5.88. The van der Waals surface area contributed by atoms with Crippen LogP contribution in [0.15, 0.2) is 11.2 Å². The molecular weight excluding hydrogens is 296 g/mol. The van der Waals surface area contributed by atoms with Crippen molar-refractivity contribution in [3.8, 4) is 0 Å². The first-order valence-corrected chi connectivity index (χ1v) is 9.48. The summed E-state index contributed by atoms with van der Waals surface area (Å²) in [5, 5.41) is 9.87. The van der Waals surface area contributed by atoms with Gasteiger partial charge in [0.1, 0.15) is 0 Å². The zero-order chi connectivity index (χ0) is 14.6. The highest BCUT2D eigenvalue weighted by atomic mass is 32.2. The van der Waals surface area contributed by atoms with Crippen LogP contribution in [0.25, 0.3) is 0 Å². The summed E-state index contributed by atoms with van der Waals surface area (Å²) < 4.78 is 27.6. The van der Waals surface area contributed by atoms with Crippen molar-refractivity contribution in [1.82, 2.24) is 20.2 Å². The molecule has 1 atom stereocenters. The first-order chi connectivity index (χ1) is 9.49. The number of thioether (sulfide) groups is 1. The lowest BCUT2D eigenvalue weighted by Gasteiger charge is -2.22. The van der Waals surface area contributed by atoms with Crippen LogP contribution in [-0.4, -0.2) is 42.2 Å². The Kier molecular flexibility index (Phi) is 5.48. The Hall–Kier alpha value is -0.570. The Labute approximate surface area is 124 Å². The van der Waals surface area contributed by atoms with Crippen LogP contribution in [0.3, 0.4) is 0 Å². The number of H-pyrrole nitrogens is 1. The van der Waals surface area contributed by atoms with Gasteiger partial charge in [-0.1, -0.05) is 13.8 Å². The second kappa shape index (κ2) is 6.93. The molecule has 2 heterocycles. The maximum Gasteiger partial charge on any atom is 0.258 e. The molecule has 0 saturated carbocycles. The molecule has 1 fully saturated rings. The number of rotatable bonds is 6. The third-order valence-electron chi connectivity index (χ3n) is 3.13. The quantitative estimate of drug-likeness (QED) is 0.731. The fraction of sp³-hybridized carbons (Fsp3) is 0.750. The van der Waals surface area contributed by atoms with E-state index in [0.29, 0.717) is 18.2 Å². The summed E-state index contributed by atoms with van der Waals surface area (Å²) in [4.78, 5) is 0. The van der Waals surface area contributed by atoms with E-state index in [1.54, 1.807) is 18.0 Å². The topological polar surface area (TPSA) is 86.9 Å². The number of hydrogen-bond acceptors (Lipinski definition) is 5. The number of sulfonamides is 1. The van der Waals surface area contributed by atoms with Crippen LogP contribution < -0.4 is 10.0 Å². The number of aromatic amines is 1. The van der Waals surface area contributed by atoms with Gasteiger partial charge < -0.3 is 5.32 Å². The van der Waals surface area contributed by atoms with Gasteiger partial charge in [-0.3, -0.25) is 5.10 Å². The van der Waals surface area contributed by atoms with E-state index in [4.69, 9.17) is 0 Å². The molecule has 0 aliphatic carbocycles. The standard InChI is InChI=1S/C12H22N4O2S2/c1-9(2)13-6-10-7-14-15-12(10)20(17,18)16-11-4-3-5-19-8-11/h7,9,11,13,16H,3-6,8H2,1-2H3,(H,14,15). The molecule has 0 aromatic carbocycles. The van der Waals surface area contributed by atoms with E-state index in [1.807, 2.05) is 13.8 Å². The molecule has 20 heavy (non-hydrogen) atoms. The average molecular weight is 318 g/mol. The summed E-state index contributed by atoms with van der Waals surface area (Å²) in [6.45, 7) is 4.53. The van der Waals surface area contributed by atoms with E-state index in [2.05, 4.69) is 20.2 Å². The van der Waals surface area contributed by atoms with Crippen molar-refractivity contribution >= 4 is 21.8 Å². The largest absolute Gasteiger partial charge is 0.310 e. The van der Waals surface area contributed by atoms with Crippen LogP contribution in [0.5, 0.6) is 0 Å². The lowest BCUT2D eigenvalue weighted by molar-refractivity contribution is 0.535. The first-order valence-electron chi connectivity index (χ1n) is 6.85. The molecule has 1 saturated heterocycles. The van der Waals surface area contributed by atoms with Crippen LogP contribution in [-0.2, 0) is 16.6 Å². The van der Waals surface area contributed by atoms with Gasteiger partial charge in [0.2, 0.25) is 0 Å². The molecule has 1 unspecified atom stereocenters. The highest BCUT2D eigenvalue weighted by Gasteiger charge is 2.25. The van der Waals surface area contributed by atoms with Gasteiger partial charge in [-0.05, 0) is 18.6 Å². The summed E-state index contributed by atoms with van der Waals surface area (Å²) in [7, 11) is -3.52. The van der Waals surface area contributed by atoms with Crippen LogP contribution in [0.2, 0.25) is 0 Å². The Morgan fingerprint density at radius 3 is 3.00 bits per heavy atom. The molecule has 0 amide bonds. The zero-order valence-corrected chi connectivity index (χ0v) is 13.5. The van der Waals surface area contributed by atoms with E-state index in [0.717, 1.165) is 24.3 Å². The molecule has 8 heteroatoms. The highest BCUT2D eigenvalue weighted by molar-refractivity contribution is 7.99. The van der Waals surface area contributed by atoms with Crippen LogP contribution in [0.1, 0.15) is 32.3 Å². The predicted molar refractivity (Wildman–Crippen MR) is 81.2 cm³/mol. The van der Waals surface area contributed by atoms with Gasteiger partial charge in [0.25, 0.3) is 10.0 Å². The Bertz CT molecular complexity index is 521. The zero-order valence-electron chi connectivity index (χ0n) is 11.8. The van der Waals surface area contributed by atoms with E-state index in [-0.39, 0.29) is 11.1 Å². The molecule has 6 nitrogen and oxygen atoms in total. The molecule has 1 aliphatic heterocycles. The van der Waals surface area contributed by atoms with Crippen molar-refractivity contribution < 1.29 is 8.42 Å². The van der Waals surface area contributed by atoms with Crippen molar-refractivity contribution in [3.63, 3.8) is 0 Å². The van der Waals surface area contributed by atoms with Crippen molar-refractivity contribution in [2.45, 2.75) is 50.3 Å². The summed E-state index contributed by atoms with van der Waals surface area (Å²) in [5.74, 6) is 1.96. The maximum atomic E-state index is 12.4. The lowest BCUT2D eigenvalue weighted by atomic mass is 10.2. The maximum absolute atomic E-state index is 12.4. The number of nitrogens with zero attached hydrogens (tertiary/aromatic N) is 1. The minimum atomic E-state index is -3.52. The Balaban J connectivity index is 2.06. The van der Waals surface area contributed by atoms with Crippen molar-refractivity contribution in [2.24, 2.45) is 0 Å². The Morgan fingerprint density at radius 1 is 1.55 bits per heavy atom. The molecule has 0 bridgehead atoms. The normalized spacial score (nSPS) is 20.4. The van der Waals surface area contributed by atoms with Gasteiger partial charge in [-0.15, -0.1) is 0 Å². The van der Waals surface area contributed by atoms with Gasteiger partial charge in [0, 0.05) is 29.9 Å². The van der Waals surface area contributed by atoms with Gasteiger partial charge in [0.15, 0.2) is 5.03 Å². The van der Waals surface area contributed by atoms with Crippen LogP contribution in [0.4, 0.5) is 0 Å². The molecule has 2 rings (SSSR count). The molecule has 1 aromatic heterocycles. The second-order valence-electron chi connectivity index (χ2n) is 5.30. The van der Waals surface area contributed by atoms with Gasteiger partial charge >= 0.3 is 0 Å². The smallest absolute Gasteiger partial charge is 0.258 e. The van der Waals surface area contributed by atoms with Gasteiger partial charge in [-0.2, -0.15) is 16.9 Å². The minimum Gasteiger partial charge on any atom is -0.310 e. The van der Waals surface area contributed by atoms with Crippen molar-refractivity contribution in [3.05, 3.63) is 11.8 Å². The first kappa shape index (κ1) is 15.8. The highest BCUT2D eigenvalue weighted by Crippen LogP contribution is 2.20. The average Bonchev–Trinajstić information content (AvgIpc) is 2.86. The van der Waals surface area contributed by atoms with E-state index in [1.165, 1.54) is 0 Å². The third kappa shape index (κ3) is 4.21. The predicted octanol–water partition coefficient (Wildman–Crippen LogP) is 1.08. The van der Waals surface area contributed by atoms with Gasteiger partial charge in [-0.25, -0.2) is 13.1 Å². The number of hydrogen-bond donors (Lipinski definition) is 3. The van der Waals surface area contributed by atoms with E-state index in [9.17, 15) is 8.42 Å². The van der Waals surface area contributed by atoms with Crippen molar-refractivity contribution in [2.75, 3.05) is 11.5 Å². The van der Waals surface area contributed by atoms with E-state index >= 15 is 0 Å². The second-order valence-corrected chi connectivity index (χ2v) is 8.10. The van der Waals surface area contributed by atoms with Crippen molar-refractivity contribution in [1.29, 1.82) is 0 Å². The fourth-order valence-corrected chi connectivity index (χ4v) is 4.66. The van der Waals surface area contributed by atoms with Gasteiger partial charge in [0.05, 0.1) is 6.20 Å². The molecule has 0 spiro atoms. The number of nitrogens with one attached hydrogen (secondary N) is 3. The lowest BCUT2D eigenvalue weighted by Crippen LogP contribution is -2.39. The van der Waals surface area contributed by atoms with Crippen LogP contribution in [0, 0.1) is 0 Å². The SMILES string of the molecule is CC(C)NCc1cn[nH]c1S(=O)(=O)NC1CCCSC1. The fourth-order valence-electron chi connectivity index (χ4n) is 2.08.